The smallest absolute Gasteiger partial charge is 0.144 e. The highest BCUT2D eigenvalue weighted by Gasteiger charge is 2.26. The molecule has 1 atom stereocenters. The van der Waals surface area contributed by atoms with Crippen molar-refractivity contribution in [2.24, 2.45) is 7.05 Å². The lowest BCUT2D eigenvalue weighted by molar-refractivity contribution is 0.272. The Morgan fingerprint density at radius 1 is 1.03 bits per heavy atom. The minimum Gasteiger partial charge on any atom is -0.492 e. The van der Waals surface area contributed by atoms with E-state index in [1.54, 1.807) is 6.33 Å². The molecule has 0 saturated carbocycles. The van der Waals surface area contributed by atoms with Crippen LogP contribution in [0.4, 0.5) is 5.69 Å². The van der Waals surface area contributed by atoms with Crippen LogP contribution in [-0.2, 0) is 7.05 Å². The molecule has 1 saturated heterocycles. The van der Waals surface area contributed by atoms with Crippen molar-refractivity contribution in [2.75, 3.05) is 38.2 Å². The number of hydrogen-bond donors (Lipinski definition) is 0. The molecule has 0 radical (unpaired) electrons. The molecular weight excluding hydrogens is 412 g/mol. The highest BCUT2D eigenvalue weighted by Crippen LogP contribution is 2.39. The molecule has 2 aromatic heterocycles. The minimum atomic E-state index is 0.381. The molecule has 170 valence electrons. The fraction of sp³-hybridized carbons (Fsp3) is 0.346. The van der Waals surface area contributed by atoms with Crippen molar-refractivity contribution in [1.29, 1.82) is 0 Å². The number of likely N-dealkylation sites (N-methyl/N-ethyl adjacent to an activating group) is 1. The van der Waals surface area contributed by atoms with Crippen molar-refractivity contribution in [1.82, 2.24) is 24.6 Å². The number of piperazine rings is 1. The van der Waals surface area contributed by atoms with Crippen molar-refractivity contribution in [3.63, 3.8) is 0 Å². The van der Waals surface area contributed by atoms with Crippen LogP contribution in [0.3, 0.4) is 0 Å². The third-order valence-corrected chi connectivity index (χ3v) is 6.29. The maximum atomic E-state index is 6.08. The van der Waals surface area contributed by atoms with Crippen LogP contribution >= 0.6 is 0 Å². The molecular formula is C26H30N6O. The molecule has 5 rings (SSSR count). The highest BCUT2D eigenvalue weighted by atomic mass is 16.5. The molecule has 0 N–H and O–H groups in total. The Bertz CT molecular complexity index is 1270. The molecule has 0 bridgehead atoms. The average molecular weight is 443 g/mol. The van der Waals surface area contributed by atoms with Crippen LogP contribution in [-0.4, -0.2) is 64.0 Å². The number of ether oxygens (including phenoxy) is 1. The second kappa shape index (κ2) is 8.83. The fourth-order valence-corrected chi connectivity index (χ4v) is 4.75. The Morgan fingerprint density at radius 3 is 2.61 bits per heavy atom. The van der Waals surface area contributed by atoms with E-state index in [0.717, 1.165) is 64.5 Å². The first-order valence-electron chi connectivity index (χ1n) is 11.5. The van der Waals surface area contributed by atoms with Gasteiger partial charge in [0.05, 0.1) is 23.5 Å². The Labute approximate surface area is 194 Å². The summed E-state index contributed by atoms with van der Waals surface area (Å²) in [6, 6.07) is 14.9. The van der Waals surface area contributed by atoms with E-state index in [9.17, 15) is 0 Å². The summed E-state index contributed by atoms with van der Waals surface area (Å²) in [4.78, 5) is 14.2. The first kappa shape index (κ1) is 21.4. The second-order valence-corrected chi connectivity index (χ2v) is 8.73. The molecule has 1 fully saturated rings. The van der Waals surface area contributed by atoms with Crippen LogP contribution in [0.2, 0.25) is 0 Å². The number of hydrogen-bond acceptors (Lipinski definition) is 6. The van der Waals surface area contributed by atoms with Gasteiger partial charge in [0.1, 0.15) is 17.8 Å². The summed E-state index contributed by atoms with van der Waals surface area (Å²) in [5, 5.41) is 5.77. The van der Waals surface area contributed by atoms with E-state index in [4.69, 9.17) is 14.8 Å². The van der Waals surface area contributed by atoms with E-state index < -0.39 is 0 Å². The summed E-state index contributed by atoms with van der Waals surface area (Å²) < 4.78 is 7.93. The van der Waals surface area contributed by atoms with Gasteiger partial charge in [-0.05, 0) is 27.0 Å². The van der Waals surface area contributed by atoms with Crippen LogP contribution in [0.1, 0.15) is 13.8 Å². The predicted octanol–water partition coefficient (Wildman–Crippen LogP) is 4.24. The van der Waals surface area contributed by atoms with Gasteiger partial charge in [-0.15, -0.1) is 0 Å². The van der Waals surface area contributed by atoms with Crippen molar-refractivity contribution in [3.05, 3.63) is 55.0 Å². The van der Waals surface area contributed by atoms with Crippen molar-refractivity contribution in [3.8, 4) is 28.3 Å². The fourth-order valence-electron chi connectivity index (χ4n) is 4.75. The number of nitrogens with zero attached hydrogens (tertiary/aromatic N) is 6. The van der Waals surface area contributed by atoms with Crippen molar-refractivity contribution < 1.29 is 4.74 Å². The van der Waals surface area contributed by atoms with Crippen LogP contribution in [0.15, 0.2) is 55.0 Å². The normalized spacial score (nSPS) is 17.0. The lowest BCUT2D eigenvalue weighted by Gasteiger charge is -2.40. The lowest BCUT2D eigenvalue weighted by Crippen LogP contribution is -2.50. The van der Waals surface area contributed by atoms with Gasteiger partial charge in [0.25, 0.3) is 0 Å². The molecule has 1 aliphatic heterocycles. The number of fused-ring (bicyclic) bond motifs is 1. The Hall–Kier alpha value is -3.45. The third kappa shape index (κ3) is 4.04. The van der Waals surface area contributed by atoms with Crippen molar-refractivity contribution >= 4 is 16.6 Å². The largest absolute Gasteiger partial charge is 0.492 e. The van der Waals surface area contributed by atoms with E-state index in [2.05, 4.69) is 53.0 Å². The Kier molecular flexibility index (Phi) is 5.72. The third-order valence-electron chi connectivity index (χ3n) is 6.29. The van der Waals surface area contributed by atoms with E-state index in [0.29, 0.717) is 12.6 Å². The van der Waals surface area contributed by atoms with Crippen LogP contribution in [0.25, 0.3) is 33.4 Å². The zero-order valence-corrected chi connectivity index (χ0v) is 19.7. The topological polar surface area (TPSA) is 59.3 Å². The predicted molar refractivity (Wildman–Crippen MR) is 133 cm³/mol. The van der Waals surface area contributed by atoms with E-state index in [1.165, 1.54) is 0 Å². The minimum absolute atomic E-state index is 0.381. The van der Waals surface area contributed by atoms with Gasteiger partial charge in [-0.1, -0.05) is 30.3 Å². The summed E-state index contributed by atoms with van der Waals surface area (Å²) in [6.45, 7) is 7.89. The molecule has 3 heterocycles. The lowest BCUT2D eigenvalue weighted by atomic mass is 10.0. The van der Waals surface area contributed by atoms with Gasteiger partial charge < -0.3 is 14.5 Å². The van der Waals surface area contributed by atoms with Gasteiger partial charge in [-0.3, -0.25) is 4.68 Å². The van der Waals surface area contributed by atoms with E-state index in [-0.39, 0.29) is 0 Å². The number of aryl methyl sites for hydroxylation is 1. The van der Waals surface area contributed by atoms with Gasteiger partial charge >= 0.3 is 0 Å². The van der Waals surface area contributed by atoms with Crippen LogP contribution in [0.5, 0.6) is 5.75 Å². The monoisotopic (exact) mass is 442 g/mol. The summed E-state index contributed by atoms with van der Waals surface area (Å²) >= 11 is 0. The zero-order chi connectivity index (χ0) is 22.9. The quantitative estimate of drug-likeness (QED) is 0.461. The maximum absolute atomic E-state index is 6.08. The van der Waals surface area contributed by atoms with Crippen LogP contribution in [0, 0.1) is 0 Å². The first-order chi connectivity index (χ1) is 16.0. The summed E-state index contributed by atoms with van der Waals surface area (Å²) in [5.74, 6) is 0.875. The molecule has 4 aromatic rings. The SMILES string of the molecule is CCOc1cc2ncnc(-c3cn(C)nc3-c3ccccc3)c2cc1N1CCN(C)C[C@@H]1C. The Balaban J connectivity index is 1.70. The number of anilines is 1. The van der Waals surface area contributed by atoms with Gasteiger partial charge in [0.2, 0.25) is 0 Å². The van der Waals surface area contributed by atoms with E-state index in [1.807, 2.05) is 43.0 Å². The van der Waals surface area contributed by atoms with Crippen LogP contribution < -0.4 is 9.64 Å². The Morgan fingerprint density at radius 2 is 1.85 bits per heavy atom. The molecule has 0 aliphatic carbocycles. The number of aromatic nitrogens is 4. The molecule has 0 amide bonds. The number of benzene rings is 2. The average Bonchev–Trinajstić information content (AvgIpc) is 3.21. The second-order valence-electron chi connectivity index (χ2n) is 8.73. The van der Waals surface area contributed by atoms with Gasteiger partial charge in [-0.2, -0.15) is 5.10 Å². The summed E-state index contributed by atoms with van der Waals surface area (Å²) in [5.41, 5.74) is 5.85. The molecule has 7 nitrogen and oxygen atoms in total. The molecule has 2 aromatic carbocycles. The number of rotatable bonds is 5. The molecule has 0 unspecified atom stereocenters. The standard InChI is InChI=1S/C26H30N6O/c1-5-33-24-14-22-20(13-23(24)32-12-11-30(3)15-18(32)2)26(28-17-27-22)21-16-31(4)29-25(21)19-9-7-6-8-10-19/h6-10,13-14,16-18H,5,11-12,15H2,1-4H3/t18-/m0/s1. The van der Waals surface area contributed by atoms with E-state index >= 15 is 0 Å². The first-order valence-corrected chi connectivity index (χ1v) is 11.5. The summed E-state index contributed by atoms with van der Waals surface area (Å²) in [6.07, 6.45) is 3.67. The molecule has 7 heteroatoms. The molecule has 1 aliphatic rings. The van der Waals surface area contributed by atoms with Gasteiger partial charge in [0.15, 0.2) is 0 Å². The van der Waals surface area contributed by atoms with Gasteiger partial charge in [0, 0.05) is 61.5 Å². The molecule has 0 spiro atoms. The van der Waals surface area contributed by atoms with Crippen molar-refractivity contribution in [2.45, 2.75) is 19.9 Å². The highest BCUT2D eigenvalue weighted by molar-refractivity contribution is 5.98. The summed E-state index contributed by atoms with van der Waals surface area (Å²) in [7, 11) is 4.13. The molecule has 33 heavy (non-hydrogen) atoms. The zero-order valence-electron chi connectivity index (χ0n) is 19.7. The van der Waals surface area contributed by atoms with Gasteiger partial charge in [-0.25, -0.2) is 9.97 Å². The maximum Gasteiger partial charge on any atom is 0.144 e.